The molecule has 0 aliphatic carbocycles. The van der Waals surface area contributed by atoms with Crippen molar-refractivity contribution in [3.63, 3.8) is 0 Å². The van der Waals surface area contributed by atoms with Crippen LogP contribution in [0.2, 0.25) is 0 Å². The Kier molecular flexibility index (Phi) is 4.92. The molecule has 0 saturated carbocycles. The predicted octanol–water partition coefficient (Wildman–Crippen LogP) is 0.0871. The summed E-state index contributed by atoms with van der Waals surface area (Å²) >= 11 is 0. The minimum Gasteiger partial charge on any atom is -0.358 e. The van der Waals surface area contributed by atoms with Crippen LogP contribution in [0, 0.1) is 0 Å². The maximum atomic E-state index is 9.92. The topological polar surface area (TPSA) is 57.1 Å². The molecule has 0 unspecified atom stereocenters. The van der Waals surface area contributed by atoms with E-state index in [2.05, 4.69) is 4.66 Å². The molecule has 6 heteroatoms. The van der Waals surface area contributed by atoms with E-state index in [1.54, 1.807) is 6.92 Å². The summed E-state index contributed by atoms with van der Waals surface area (Å²) in [5.74, 6) is 0. The zero-order valence-corrected chi connectivity index (χ0v) is 7.79. The molecule has 11 heavy (non-hydrogen) atoms. The molecule has 0 aromatic rings. The van der Waals surface area contributed by atoms with Crippen LogP contribution in [0.5, 0.6) is 0 Å². The van der Waals surface area contributed by atoms with E-state index in [0.29, 0.717) is 6.61 Å². The van der Waals surface area contributed by atoms with Crippen molar-refractivity contribution in [3.8, 4) is 0 Å². The molecule has 0 radical (unpaired) electrons. The van der Waals surface area contributed by atoms with Gasteiger partial charge in [-0.1, -0.05) is 0 Å². The van der Waals surface area contributed by atoms with E-state index in [9.17, 15) is 4.79 Å². The van der Waals surface area contributed by atoms with Gasteiger partial charge in [-0.05, 0) is 6.92 Å². The van der Waals surface area contributed by atoms with Gasteiger partial charge in [0.2, 0.25) is 6.08 Å². The Balaban J connectivity index is 4.31. The number of hydrogen-bond donors (Lipinski definition) is 0. The van der Waals surface area contributed by atoms with Gasteiger partial charge in [0.25, 0.3) is 0 Å². The maximum absolute atomic E-state index is 9.92. The first kappa shape index (κ1) is 10.5. The summed E-state index contributed by atoms with van der Waals surface area (Å²) in [6, 6.07) is 0. The van der Waals surface area contributed by atoms with E-state index in [0.717, 1.165) is 0 Å². The third-order valence-corrected chi connectivity index (χ3v) is 3.08. The SMILES string of the molecule is CCO[Si](N=C=O)(OC)OC. The fraction of sp³-hybridized carbons (Fsp3) is 0.800. The van der Waals surface area contributed by atoms with Crippen molar-refractivity contribution >= 4 is 15.0 Å². The van der Waals surface area contributed by atoms with Crippen LogP contribution in [0.25, 0.3) is 0 Å². The third-order valence-electron chi connectivity index (χ3n) is 1.03. The molecule has 0 fully saturated rings. The van der Waals surface area contributed by atoms with Crippen molar-refractivity contribution in [2.45, 2.75) is 6.92 Å². The molecule has 0 aliphatic heterocycles. The highest BCUT2D eigenvalue weighted by molar-refractivity contribution is 6.59. The van der Waals surface area contributed by atoms with E-state index < -0.39 is 8.97 Å². The van der Waals surface area contributed by atoms with E-state index >= 15 is 0 Å². The van der Waals surface area contributed by atoms with Crippen LogP contribution < -0.4 is 0 Å². The summed E-state index contributed by atoms with van der Waals surface area (Å²) < 4.78 is 18.0. The summed E-state index contributed by atoms with van der Waals surface area (Å²) in [4.78, 5) is 9.92. The maximum Gasteiger partial charge on any atom is 0.663 e. The first-order chi connectivity index (χ1) is 5.24. The molecule has 5 nitrogen and oxygen atoms in total. The zero-order valence-electron chi connectivity index (χ0n) is 6.79. The van der Waals surface area contributed by atoms with Crippen molar-refractivity contribution < 1.29 is 18.1 Å². The van der Waals surface area contributed by atoms with Gasteiger partial charge in [-0.25, -0.2) is 4.79 Å². The quantitative estimate of drug-likeness (QED) is 0.339. The molecule has 0 spiro atoms. The van der Waals surface area contributed by atoms with Crippen molar-refractivity contribution in [1.29, 1.82) is 0 Å². The summed E-state index contributed by atoms with van der Waals surface area (Å²) in [6.07, 6.45) is 1.36. The summed E-state index contributed by atoms with van der Waals surface area (Å²) in [5.41, 5.74) is 0. The summed E-state index contributed by atoms with van der Waals surface area (Å²) in [7, 11) is -0.280. The number of carbonyl (C=O) groups excluding carboxylic acids is 1. The molecule has 0 rings (SSSR count). The Hall–Kier alpha value is -0.523. The van der Waals surface area contributed by atoms with Gasteiger partial charge in [0.15, 0.2) is 0 Å². The van der Waals surface area contributed by atoms with Crippen LogP contribution in [-0.2, 0) is 18.1 Å². The molecular formula is C5H11NO4Si. The second-order valence-electron chi connectivity index (χ2n) is 1.57. The number of rotatable bonds is 5. The molecular weight excluding hydrogens is 166 g/mol. The molecule has 0 N–H and O–H groups in total. The lowest BCUT2D eigenvalue weighted by Gasteiger charge is -2.17. The Morgan fingerprint density at radius 2 is 2.00 bits per heavy atom. The minimum atomic E-state index is -3.04. The molecule has 0 aromatic carbocycles. The predicted molar refractivity (Wildman–Crippen MR) is 39.5 cm³/mol. The van der Waals surface area contributed by atoms with Crippen LogP contribution in [-0.4, -0.2) is 35.9 Å². The highest BCUT2D eigenvalue weighted by atomic mass is 28.4. The first-order valence-electron chi connectivity index (χ1n) is 3.08. The summed E-state index contributed by atoms with van der Waals surface area (Å²) in [6.45, 7) is 2.15. The van der Waals surface area contributed by atoms with Crippen LogP contribution in [0.1, 0.15) is 6.92 Å². The van der Waals surface area contributed by atoms with Gasteiger partial charge in [-0.15, -0.1) is 0 Å². The van der Waals surface area contributed by atoms with E-state index in [1.807, 2.05) is 0 Å². The van der Waals surface area contributed by atoms with Gasteiger partial charge in [0.1, 0.15) is 0 Å². The van der Waals surface area contributed by atoms with E-state index in [4.69, 9.17) is 13.3 Å². The van der Waals surface area contributed by atoms with Crippen molar-refractivity contribution in [2.24, 2.45) is 4.66 Å². The van der Waals surface area contributed by atoms with Gasteiger partial charge in [-0.2, -0.15) is 4.66 Å². The molecule has 0 heterocycles. The second-order valence-corrected chi connectivity index (χ2v) is 3.94. The van der Waals surface area contributed by atoms with Crippen LogP contribution in [0.15, 0.2) is 4.66 Å². The Morgan fingerprint density at radius 3 is 2.27 bits per heavy atom. The molecule has 0 bridgehead atoms. The van der Waals surface area contributed by atoms with Gasteiger partial charge in [-0.3, -0.25) is 0 Å². The Bertz CT molecular complexity index is 153. The molecule has 0 saturated heterocycles. The summed E-state index contributed by atoms with van der Waals surface area (Å²) in [5, 5.41) is 0. The van der Waals surface area contributed by atoms with Gasteiger partial charge in [0.05, 0.1) is 0 Å². The lowest BCUT2D eigenvalue weighted by molar-refractivity contribution is 0.106. The smallest absolute Gasteiger partial charge is 0.358 e. The molecule has 64 valence electrons. The first-order valence-corrected chi connectivity index (χ1v) is 4.75. The van der Waals surface area contributed by atoms with Gasteiger partial charge < -0.3 is 13.3 Å². The average molecular weight is 177 g/mol. The lowest BCUT2D eigenvalue weighted by Crippen LogP contribution is -2.42. The number of nitrogens with zero attached hydrogens (tertiary/aromatic N) is 1. The molecule has 0 aromatic heterocycles. The Morgan fingerprint density at radius 1 is 1.45 bits per heavy atom. The minimum absolute atomic E-state index is 0.388. The standard InChI is InChI=1S/C5H11NO4Si/c1-4-10-11(8-2,9-3)6-5-7/h4H2,1-3H3. The van der Waals surface area contributed by atoms with Crippen molar-refractivity contribution in [2.75, 3.05) is 20.8 Å². The van der Waals surface area contributed by atoms with Gasteiger partial charge in [0, 0.05) is 20.8 Å². The van der Waals surface area contributed by atoms with Crippen LogP contribution in [0.3, 0.4) is 0 Å². The monoisotopic (exact) mass is 177 g/mol. The lowest BCUT2D eigenvalue weighted by atomic mass is 10.9. The fourth-order valence-corrected chi connectivity index (χ4v) is 1.69. The third kappa shape index (κ3) is 2.92. The van der Waals surface area contributed by atoms with Crippen molar-refractivity contribution in [1.82, 2.24) is 0 Å². The average Bonchev–Trinajstić information content (AvgIpc) is 2.04. The fourth-order valence-electron chi connectivity index (χ4n) is 0.563. The zero-order chi connectivity index (χ0) is 8.74. The molecule has 0 aliphatic rings. The normalized spacial score (nSPS) is 10.8. The van der Waals surface area contributed by atoms with E-state index in [-0.39, 0.29) is 0 Å². The number of isocyanates is 1. The van der Waals surface area contributed by atoms with Crippen LogP contribution in [0.4, 0.5) is 0 Å². The van der Waals surface area contributed by atoms with Gasteiger partial charge >= 0.3 is 8.97 Å². The largest absolute Gasteiger partial charge is 0.663 e. The van der Waals surface area contributed by atoms with Crippen molar-refractivity contribution in [3.05, 3.63) is 0 Å². The second kappa shape index (κ2) is 5.17. The highest BCUT2D eigenvalue weighted by Gasteiger charge is 2.40. The molecule has 0 atom stereocenters. The number of hydrogen-bond acceptors (Lipinski definition) is 5. The Labute approximate surface area is 66.4 Å². The highest BCUT2D eigenvalue weighted by Crippen LogP contribution is 2.06. The molecule has 0 amide bonds. The van der Waals surface area contributed by atoms with E-state index in [1.165, 1.54) is 20.3 Å². The van der Waals surface area contributed by atoms with Crippen LogP contribution >= 0.6 is 0 Å².